The van der Waals surface area contributed by atoms with Gasteiger partial charge in [-0.3, -0.25) is 4.79 Å². The molecule has 1 aromatic heterocycles. The molecular weight excluding hydrogens is 443 g/mol. The Morgan fingerprint density at radius 3 is 2.63 bits per heavy atom. The molecule has 1 heterocycles. The molecule has 0 saturated heterocycles. The number of hydrogen-bond acceptors (Lipinski definition) is 5. The first-order valence-corrected chi connectivity index (χ1v) is 11.1. The van der Waals surface area contributed by atoms with E-state index in [2.05, 4.69) is 22.4 Å². The Hall–Kier alpha value is -2.22. The minimum Gasteiger partial charge on any atom is -0.483 e. The molecule has 2 aromatic carbocycles. The number of amides is 1. The van der Waals surface area contributed by atoms with Crippen LogP contribution < -0.4 is 10.1 Å². The van der Waals surface area contributed by atoms with Gasteiger partial charge >= 0.3 is 0 Å². The van der Waals surface area contributed by atoms with Gasteiger partial charge in [0.1, 0.15) is 5.75 Å². The molecule has 158 valence electrons. The topological polar surface area (TPSA) is 69.0 Å². The van der Waals surface area contributed by atoms with Gasteiger partial charge in [-0.15, -0.1) is 10.2 Å². The summed E-state index contributed by atoms with van der Waals surface area (Å²) in [5, 5.41) is 12.7. The highest BCUT2D eigenvalue weighted by Crippen LogP contribution is 2.27. The van der Waals surface area contributed by atoms with E-state index in [0.29, 0.717) is 26.7 Å². The molecule has 0 aliphatic rings. The number of carbonyl (C=O) groups is 1. The molecule has 0 saturated carbocycles. The molecule has 0 fully saturated rings. The summed E-state index contributed by atoms with van der Waals surface area (Å²) in [5.41, 5.74) is 1.73. The van der Waals surface area contributed by atoms with Crippen molar-refractivity contribution >= 4 is 46.6 Å². The van der Waals surface area contributed by atoms with E-state index in [1.54, 1.807) is 18.2 Å². The summed E-state index contributed by atoms with van der Waals surface area (Å²) in [5.74, 6) is 1.39. The van der Waals surface area contributed by atoms with Gasteiger partial charge in [0.05, 0.1) is 16.5 Å². The van der Waals surface area contributed by atoms with Gasteiger partial charge in [-0.2, -0.15) is 0 Å². The van der Waals surface area contributed by atoms with Crippen molar-refractivity contribution in [3.05, 3.63) is 63.9 Å². The molecule has 0 aliphatic heterocycles. The Morgan fingerprint density at radius 1 is 1.20 bits per heavy atom. The molecular formula is C21H22Cl2N4O2S. The zero-order valence-electron chi connectivity index (χ0n) is 16.9. The third kappa shape index (κ3) is 5.68. The zero-order chi connectivity index (χ0) is 21.7. The van der Waals surface area contributed by atoms with Crippen molar-refractivity contribution in [2.24, 2.45) is 7.05 Å². The summed E-state index contributed by atoms with van der Waals surface area (Å²) in [7, 11) is 1.85. The third-order valence-electron chi connectivity index (χ3n) is 4.41. The maximum Gasteiger partial charge on any atom is 0.234 e. The maximum absolute atomic E-state index is 12.3. The number of rotatable bonds is 8. The van der Waals surface area contributed by atoms with Crippen LogP contribution in [0.25, 0.3) is 0 Å². The van der Waals surface area contributed by atoms with E-state index in [1.165, 1.54) is 17.3 Å². The lowest BCUT2D eigenvalue weighted by Gasteiger charge is -2.14. The first kappa shape index (κ1) is 22.5. The monoisotopic (exact) mass is 464 g/mol. The third-order valence-corrected chi connectivity index (χ3v) is 6.00. The van der Waals surface area contributed by atoms with E-state index in [4.69, 9.17) is 27.9 Å². The van der Waals surface area contributed by atoms with Crippen molar-refractivity contribution < 1.29 is 9.53 Å². The Morgan fingerprint density at radius 2 is 1.93 bits per heavy atom. The van der Waals surface area contributed by atoms with Crippen LogP contribution in [0, 0.1) is 0 Å². The summed E-state index contributed by atoms with van der Waals surface area (Å²) in [6.07, 6.45) is 0.694. The highest BCUT2D eigenvalue weighted by atomic mass is 35.5. The standard InChI is InChI=1S/C21H22Cl2N4O2S/c1-4-14-5-8-16(9-6-14)29-13(2)20-25-26-21(27(20)3)30-12-19(28)24-18-11-15(22)7-10-17(18)23/h5-11,13H,4,12H2,1-3H3,(H,24,28)/t13-/m0/s1. The van der Waals surface area contributed by atoms with E-state index >= 15 is 0 Å². The van der Waals surface area contributed by atoms with Gasteiger partial charge in [-0.1, -0.05) is 54.0 Å². The van der Waals surface area contributed by atoms with Crippen LogP contribution in [-0.4, -0.2) is 26.4 Å². The summed E-state index contributed by atoms with van der Waals surface area (Å²) < 4.78 is 7.81. The van der Waals surface area contributed by atoms with E-state index < -0.39 is 0 Å². The first-order chi connectivity index (χ1) is 14.4. The second-order valence-corrected chi connectivity index (χ2v) is 8.40. The largest absolute Gasteiger partial charge is 0.483 e. The van der Waals surface area contributed by atoms with Gasteiger partial charge in [0.2, 0.25) is 5.91 Å². The van der Waals surface area contributed by atoms with Crippen molar-refractivity contribution in [1.29, 1.82) is 0 Å². The number of aromatic nitrogens is 3. The Kier molecular flexibility index (Phi) is 7.64. The molecule has 3 aromatic rings. The summed E-state index contributed by atoms with van der Waals surface area (Å²) in [6, 6.07) is 12.9. The molecule has 3 rings (SSSR count). The quantitative estimate of drug-likeness (QED) is 0.442. The van der Waals surface area contributed by atoms with E-state index in [0.717, 1.165) is 12.2 Å². The number of ether oxygens (including phenoxy) is 1. The average molecular weight is 465 g/mol. The van der Waals surface area contributed by atoms with Crippen LogP contribution in [0.3, 0.4) is 0 Å². The van der Waals surface area contributed by atoms with Gasteiger partial charge in [0, 0.05) is 12.1 Å². The van der Waals surface area contributed by atoms with Crippen molar-refractivity contribution in [3.8, 4) is 5.75 Å². The number of thioether (sulfide) groups is 1. The normalized spacial score (nSPS) is 11.9. The fraction of sp³-hybridized carbons (Fsp3) is 0.286. The number of nitrogens with zero attached hydrogens (tertiary/aromatic N) is 3. The molecule has 1 amide bonds. The van der Waals surface area contributed by atoms with Crippen LogP contribution in [0.5, 0.6) is 5.75 Å². The highest BCUT2D eigenvalue weighted by Gasteiger charge is 2.18. The molecule has 6 nitrogen and oxygen atoms in total. The molecule has 0 bridgehead atoms. The Bertz CT molecular complexity index is 1020. The van der Waals surface area contributed by atoms with Gasteiger partial charge in [-0.05, 0) is 49.2 Å². The van der Waals surface area contributed by atoms with Crippen molar-refractivity contribution in [1.82, 2.24) is 14.8 Å². The van der Waals surface area contributed by atoms with Crippen LogP contribution >= 0.6 is 35.0 Å². The van der Waals surface area contributed by atoms with Crippen molar-refractivity contribution in [2.75, 3.05) is 11.1 Å². The van der Waals surface area contributed by atoms with E-state index in [-0.39, 0.29) is 17.8 Å². The number of carbonyl (C=O) groups excluding carboxylic acids is 1. The van der Waals surface area contributed by atoms with Gasteiger partial charge in [0.25, 0.3) is 0 Å². The van der Waals surface area contributed by atoms with Crippen molar-refractivity contribution in [2.45, 2.75) is 31.5 Å². The van der Waals surface area contributed by atoms with Gasteiger partial charge < -0.3 is 14.6 Å². The Balaban J connectivity index is 1.59. The highest BCUT2D eigenvalue weighted by molar-refractivity contribution is 7.99. The van der Waals surface area contributed by atoms with Crippen molar-refractivity contribution in [3.63, 3.8) is 0 Å². The summed E-state index contributed by atoms with van der Waals surface area (Å²) in [6.45, 7) is 4.03. The Labute approximate surface area is 189 Å². The fourth-order valence-electron chi connectivity index (χ4n) is 2.78. The van der Waals surface area contributed by atoms with Crippen LogP contribution in [-0.2, 0) is 18.3 Å². The van der Waals surface area contributed by atoms with Crippen LogP contribution in [0.15, 0.2) is 47.6 Å². The average Bonchev–Trinajstić information content (AvgIpc) is 3.10. The first-order valence-electron chi connectivity index (χ1n) is 9.40. The minimum absolute atomic E-state index is 0.155. The maximum atomic E-state index is 12.3. The zero-order valence-corrected chi connectivity index (χ0v) is 19.2. The predicted molar refractivity (Wildman–Crippen MR) is 122 cm³/mol. The number of nitrogens with one attached hydrogen (secondary N) is 1. The summed E-state index contributed by atoms with van der Waals surface area (Å²) >= 11 is 13.3. The number of anilines is 1. The number of benzene rings is 2. The lowest BCUT2D eigenvalue weighted by atomic mass is 10.2. The van der Waals surface area contributed by atoms with Crippen LogP contribution in [0.1, 0.15) is 31.3 Å². The molecule has 30 heavy (non-hydrogen) atoms. The second kappa shape index (κ2) is 10.2. The molecule has 0 unspecified atom stereocenters. The lowest BCUT2D eigenvalue weighted by Crippen LogP contribution is -2.15. The second-order valence-electron chi connectivity index (χ2n) is 6.62. The number of halogens is 2. The van der Waals surface area contributed by atoms with Crippen LogP contribution in [0.4, 0.5) is 5.69 Å². The molecule has 9 heteroatoms. The molecule has 0 aliphatic carbocycles. The van der Waals surface area contributed by atoms with Gasteiger partial charge in [0.15, 0.2) is 17.1 Å². The van der Waals surface area contributed by atoms with E-state index in [9.17, 15) is 4.79 Å². The van der Waals surface area contributed by atoms with Gasteiger partial charge in [-0.25, -0.2) is 0 Å². The lowest BCUT2D eigenvalue weighted by molar-refractivity contribution is -0.113. The summed E-state index contributed by atoms with van der Waals surface area (Å²) in [4.78, 5) is 12.3. The number of hydrogen-bond donors (Lipinski definition) is 1. The smallest absolute Gasteiger partial charge is 0.234 e. The van der Waals surface area contributed by atoms with E-state index in [1.807, 2.05) is 42.8 Å². The SMILES string of the molecule is CCc1ccc(O[C@@H](C)c2nnc(SCC(=O)Nc3cc(Cl)ccc3Cl)n2C)cc1. The molecule has 0 spiro atoms. The fourth-order valence-corrected chi connectivity index (χ4v) is 3.83. The van der Waals surface area contributed by atoms with Crippen LogP contribution in [0.2, 0.25) is 10.0 Å². The predicted octanol–water partition coefficient (Wildman–Crippen LogP) is 5.56. The molecule has 1 N–H and O–H groups in total. The number of aryl methyl sites for hydroxylation is 1. The molecule has 1 atom stereocenters. The minimum atomic E-state index is -0.288. The molecule has 0 radical (unpaired) electrons.